The lowest BCUT2D eigenvalue weighted by Gasteiger charge is -1.95. The second-order valence-electron chi connectivity index (χ2n) is 2.66. The van der Waals surface area contributed by atoms with Crippen LogP contribution in [0.3, 0.4) is 0 Å². The fourth-order valence-corrected chi connectivity index (χ4v) is 2.55. The Hall–Kier alpha value is -0.940. The van der Waals surface area contributed by atoms with Gasteiger partial charge in [-0.15, -0.1) is 0 Å². The minimum absolute atomic E-state index is 0.220. The van der Waals surface area contributed by atoms with Crippen molar-refractivity contribution in [1.82, 2.24) is 9.36 Å². The van der Waals surface area contributed by atoms with Gasteiger partial charge in [0.15, 0.2) is 4.34 Å². The van der Waals surface area contributed by atoms with Crippen LogP contribution < -0.4 is 0 Å². The molecule has 2 nitrogen and oxygen atoms in total. The van der Waals surface area contributed by atoms with Crippen molar-refractivity contribution in [2.75, 3.05) is 0 Å². The fourth-order valence-electron chi connectivity index (χ4n) is 0.923. The molecule has 2 rings (SSSR count). The van der Waals surface area contributed by atoms with Crippen molar-refractivity contribution in [2.24, 2.45) is 0 Å². The lowest BCUT2D eigenvalue weighted by Crippen LogP contribution is -1.75. The van der Waals surface area contributed by atoms with Gasteiger partial charge in [0, 0.05) is 4.90 Å². The highest BCUT2D eigenvalue weighted by molar-refractivity contribution is 8.01. The third-order valence-electron chi connectivity index (χ3n) is 1.53. The number of nitrogens with zero attached hydrogens (tertiary/aromatic N) is 2. The summed E-state index contributed by atoms with van der Waals surface area (Å²) in [6, 6.07) is 6.35. The van der Waals surface area contributed by atoms with E-state index in [0.717, 1.165) is 15.1 Å². The van der Waals surface area contributed by atoms with Crippen molar-refractivity contribution in [3.63, 3.8) is 0 Å². The molecule has 0 unspecified atom stereocenters. The molecule has 72 valence electrons. The van der Waals surface area contributed by atoms with Crippen LogP contribution in [0.5, 0.6) is 0 Å². The molecule has 1 aromatic heterocycles. The molecular formula is C9H7FN2S2. The molecule has 0 aliphatic heterocycles. The fraction of sp³-hybridized carbons (Fsp3) is 0.111. The number of halogens is 1. The van der Waals surface area contributed by atoms with Gasteiger partial charge in [-0.2, -0.15) is 4.37 Å². The van der Waals surface area contributed by atoms with Crippen molar-refractivity contribution < 1.29 is 4.39 Å². The molecule has 0 bridgehead atoms. The van der Waals surface area contributed by atoms with Gasteiger partial charge >= 0.3 is 0 Å². The standard InChI is InChI=1S/C9H7FN2S2/c1-6-11-9(14-12-6)13-8-4-2-7(10)3-5-8/h2-5H,1H3. The van der Waals surface area contributed by atoms with Crippen LogP contribution in [0.2, 0.25) is 0 Å². The third kappa shape index (κ3) is 2.30. The van der Waals surface area contributed by atoms with E-state index in [2.05, 4.69) is 9.36 Å². The topological polar surface area (TPSA) is 25.8 Å². The second kappa shape index (κ2) is 4.06. The summed E-state index contributed by atoms with van der Waals surface area (Å²) in [5, 5.41) is 0. The van der Waals surface area contributed by atoms with Gasteiger partial charge in [0.25, 0.3) is 0 Å². The Morgan fingerprint density at radius 3 is 2.57 bits per heavy atom. The molecule has 0 saturated heterocycles. The lowest BCUT2D eigenvalue weighted by molar-refractivity contribution is 0.626. The molecule has 14 heavy (non-hydrogen) atoms. The molecule has 0 aliphatic carbocycles. The maximum Gasteiger partial charge on any atom is 0.174 e. The Labute approximate surface area is 89.4 Å². The first-order valence-corrected chi connectivity index (χ1v) is 5.57. The van der Waals surface area contributed by atoms with E-state index in [1.54, 1.807) is 12.1 Å². The van der Waals surface area contributed by atoms with Gasteiger partial charge < -0.3 is 0 Å². The van der Waals surface area contributed by atoms with Gasteiger partial charge in [0.2, 0.25) is 0 Å². The molecule has 0 spiro atoms. The van der Waals surface area contributed by atoms with E-state index in [-0.39, 0.29) is 5.82 Å². The number of benzene rings is 1. The predicted octanol–water partition coefficient (Wildman–Crippen LogP) is 3.14. The second-order valence-corrected chi connectivity index (χ2v) is 4.74. The van der Waals surface area contributed by atoms with Gasteiger partial charge in [-0.25, -0.2) is 9.37 Å². The largest absolute Gasteiger partial charge is 0.213 e. The van der Waals surface area contributed by atoms with Crippen LogP contribution in [0.15, 0.2) is 33.5 Å². The normalized spacial score (nSPS) is 10.4. The molecule has 1 aromatic carbocycles. The van der Waals surface area contributed by atoms with E-state index < -0.39 is 0 Å². The molecule has 1 heterocycles. The van der Waals surface area contributed by atoms with E-state index >= 15 is 0 Å². The van der Waals surface area contributed by atoms with E-state index in [1.807, 2.05) is 6.92 Å². The van der Waals surface area contributed by atoms with Crippen molar-refractivity contribution in [3.8, 4) is 0 Å². The van der Waals surface area contributed by atoms with E-state index in [4.69, 9.17) is 0 Å². The monoisotopic (exact) mass is 226 g/mol. The summed E-state index contributed by atoms with van der Waals surface area (Å²) in [7, 11) is 0. The SMILES string of the molecule is Cc1nsc(Sc2ccc(F)cc2)n1. The number of hydrogen-bond acceptors (Lipinski definition) is 4. The molecule has 0 N–H and O–H groups in total. The van der Waals surface area contributed by atoms with Gasteiger partial charge in [-0.1, -0.05) is 11.8 Å². The Morgan fingerprint density at radius 2 is 2.00 bits per heavy atom. The zero-order chi connectivity index (χ0) is 9.97. The van der Waals surface area contributed by atoms with Gasteiger partial charge in [0.05, 0.1) is 0 Å². The quantitative estimate of drug-likeness (QED) is 0.786. The Balaban J connectivity index is 2.15. The molecule has 5 heteroatoms. The molecule has 0 amide bonds. The molecular weight excluding hydrogens is 219 g/mol. The van der Waals surface area contributed by atoms with Crippen molar-refractivity contribution in [2.45, 2.75) is 16.2 Å². The number of aryl methyl sites for hydroxylation is 1. The minimum Gasteiger partial charge on any atom is -0.213 e. The van der Waals surface area contributed by atoms with Crippen molar-refractivity contribution in [1.29, 1.82) is 0 Å². The molecule has 0 fully saturated rings. The van der Waals surface area contributed by atoms with Crippen LogP contribution in [0.1, 0.15) is 5.82 Å². The number of hydrogen-bond donors (Lipinski definition) is 0. The highest BCUT2D eigenvalue weighted by atomic mass is 32.2. The van der Waals surface area contributed by atoms with Crippen LogP contribution in [-0.4, -0.2) is 9.36 Å². The molecule has 0 radical (unpaired) electrons. The van der Waals surface area contributed by atoms with Gasteiger partial charge in [-0.3, -0.25) is 0 Å². The van der Waals surface area contributed by atoms with E-state index in [9.17, 15) is 4.39 Å². The summed E-state index contributed by atoms with van der Waals surface area (Å²) in [6.07, 6.45) is 0. The Kier molecular flexibility index (Phi) is 2.79. The predicted molar refractivity (Wildman–Crippen MR) is 55.2 cm³/mol. The van der Waals surface area contributed by atoms with Crippen LogP contribution in [0, 0.1) is 12.7 Å². The Bertz CT molecular complexity index is 425. The summed E-state index contributed by atoms with van der Waals surface area (Å²) in [5.74, 6) is 0.558. The zero-order valence-electron chi connectivity index (χ0n) is 7.40. The summed E-state index contributed by atoms with van der Waals surface area (Å²) in [5.41, 5.74) is 0. The van der Waals surface area contributed by atoms with Crippen LogP contribution in [0.25, 0.3) is 0 Å². The van der Waals surface area contributed by atoms with Crippen LogP contribution in [0.4, 0.5) is 4.39 Å². The van der Waals surface area contributed by atoms with E-state index in [0.29, 0.717) is 0 Å². The molecule has 0 saturated carbocycles. The van der Waals surface area contributed by atoms with E-state index in [1.165, 1.54) is 35.4 Å². The maximum absolute atomic E-state index is 12.6. The summed E-state index contributed by atoms with van der Waals surface area (Å²) < 4.78 is 17.5. The number of aromatic nitrogens is 2. The molecule has 0 atom stereocenters. The highest BCUT2D eigenvalue weighted by Crippen LogP contribution is 2.28. The van der Waals surface area contributed by atoms with Crippen molar-refractivity contribution >= 4 is 23.3 Å². The minimum atomic E-state index is -0.220. The van der Waals surface area contributed by atoms with Gasteiger partial charge in [0.1, 0.15) is 11.6 Å². The van der Waals surface area contributed by atoms with Crippen molar-refractivity contribution in [3.05, 3.63) is 35.9 Å². The molecule has 2 aromatic rings. The Morgan fingerprint density at radius 1 is 1.29 bits per heavy atom. The number of rotatable bonds is 2. The summed E-state index contributed by atoms with van der Waals surface area (Å²) in [4.78, 5) is 5.18. The average molecular weight is 226 g/mol. The average Bonchev–Trinajstić information content (AvgIpc) is 2.56. The zero-order valence-corrected chi connectivity index (χ0v) is 9.03. The first kappa shape index (κ1) is 9.61. The highest BCUT2D eigenvalue weighted by Gasteiger charge is 2.02. The lowest BCUT2D eigenvalue weighted by atomic mass is 10.4. The van der Waals surface area contributed by atoms with Crippen LogP contribution in [-0.2, 0) is 0 Å². The smallest absolute Gasteiger partial charge is 0.174 e. The molecule has 0 aliphatic rings. The van der Waals surface area contributed by atoms with Crippen LogP contribution >= 0.6 is 23.3 Å². The summed E-state index contributed by atoms with van der Waals surface area (Å²) >= 11 is 2.85. The third-order valence-corrected chi connectivity index (χ3v) is 3.38. The maximum atomic E-state index is 12.6. The first-order valence-electron chi connectivity index (χ1n) is 3.98. The van der Waals surface area contributed by atoms with Gasteiger partial charge in [-0.05, 0) is 42.7 Å². The summed E-state index contributed by atoms with van der Waals surface area (Å²) in [6.45, 7) is 1.85. The first-order chi connectivity index (χ1) is 6.74.